The highest BCUT2D eigenvalue weighted by Crippen LogP contribution is 2.38. The lowest BCUT2D eigenvalue weighted by Crippen LogP contribution is -2.30. The topological polar surface area (TPSA) is 84.2 Å². The van der Waals surface area contributed by atoms with Crippen LogP contribution >= 0.6 is 0 Å². The second kappa shape index (κ2) is 4.20. The van der Waals surface area contributed by atoms with Crippen LogP contribution in [-0.4, -0.2) is 20.7 Å². The molecule has 1 amide bonds. The van der Waals surface area contributed by atoms with Crippen LogP contribution in [0.5, 0.6) is 0 Å². The van der Waals surface area contributed by atoms with E-state index < -0.39 is 5.91 Å². The van der Waals surface area contributed by atoms with Gasteiger partial charge in [-0.25, -0.2) is 10.5 Å². The largest absolute Gasteiger partial charge is 0.296 e. The lowest BCUT2D eigenvalue weighted by Gasteiger charge is -2.21. The standard InChI is InChI=1S/C12H15N3O3/c16-10-5-9(12(17)14-18)13-11-8-3-1-7(2-4-8)6-15(10)11/h5,7-8,18H,1-4,6H2,(H,14,17). The second-order valence-corrected chi connectivity index (χ2v) is 5.11. The van der Waals surface area contributed by atoms with Crippen LogP contribution in [0.2, 0.25) is 0 Å². The minimum Gasteiger partial charge on any atom is -0.296 e. The molecule has 2 aliphatic heterocycles. The first-order valence-corrected chi connectivity index (χ1v) is 6.25. The van der Waals surface area contributed by atoms with Crippen molar-refractivity contribution in [2.75, 3.05) is 0 Å². The number of hydroxylamine groups is 1. The van der Waals surface area contributed by atoms with E-state index in [0.717, 1.165) is 25.7 Å². The summed E-state index contributed by atoms with van der Waals surface area (Å²) in [5.41, 5.74) is 1.33. The fourth-order valence-electron chi connectivity index (χ4n) is 3.05. The van der Waals surface area contributed by atoms with E-state index in [4.69, 9.17) is 5.21 Å². The number of carbonyl (C=O) groups is 1. The minimum absolute atomic E-state index is 0.000833. The van der Waals surface area contributed by atoms with Gasteiger partial charge in [-0.15, -0.1) is 0 Å². The quantitative estimate of drug-likeness (QED) is 0.565. The summed E-state index contributed by atoms with van der Waals surface area (Å²) in [7, 11) is 0. The highest BCUT2D eigenvalue weighted by atomic mass is 16.5. The maximum absolute atomic E-state index is 12.0. The van der Waals surface area contributed by atoms with Gasteiger partial charge in [0.25, 0.3) is 11.5 Å². The first-order valence-electron chi connectivity index (χ1n) is 6.25. The van der Waals surface area contributed by atoms with Gasteiger partial charge in [-0.05, 0) is 31.6 Å². The predicted molar refractivity (Wildman–Crippen MR) is 62.4 cm³/mol. The summed E-state index contributed by atoms with van der Waals surface area (Å²) in [6.45, 7) is 0.707. The Labute approximate surface area is 104 Å². The van der Waals surface area contributed by atoms with E-state index in [-0.39, 0.29) is 17.2 Å². The first kappa shape index (κ1) is 11.4. The van der Waals surface area contributed by atoms with E-state index in [1.165, 1.54) is 11.5 Å². The summed E-state index contributed by atoms with van der Waals surface area (Å²) in [6, 6.07) is 1.19. The number of amides is 1. The van der Waals surface area contributed by atoms with Gasteiger partial charge in [0.15, 0.2) is 0 Å². The van der Waals surface area contributed by atoms with Crippen LogP contribution in [0.4, 0.5) is 0 Å². The number of fused-ring (bicyclic) bond motifs is 2. The summed E-state index contributed by atoms with van der Waals surface area (Å²) in [4.78, 5) is 27.7. The summed E-state index contributed by atoms with van der Waals surface area (Å²) in [5.74, 6) is 0.804. The molecule has 2 N–H and O–H groups in total. The molecular formula is C12H15N3O3. The second-order valence-electron chi connectivity index (χ2n) is 5.11. The number of carbonyl (C=O) groups excluding carboxylic acids is 1. The molecule has 1 aliphatic carbocycles. The molecule has 96 valence electrons. The molecule has 0 spiro atoms. The Morgan fingerprint density at radius 2 is 2.11 bits per heavy atom. The normalized spacial score (nSPS) is 25.4. The van der Waals surface area contributed by atoms with Crippen molar-refractivity contribution in [2.45, 2.75) is 38.1 Å². The summed E-state index contributed by atoms with van der Waals surface area (Å²) in [6.07, 6.45) is 4.30. The van der Waals surface area contributed by atoms with E-state index in [1.54, 1.807) is 4.57 Å². The molecule has 0 saturated heterocycles. The Hall–Kier alpha value is -1.69. The van der Waals surface area contributed by atoms with Gasteiger partial charge in [-0.2, -0.15) is 0 Å². The van der Waals surface area contributed by atoms with Crippen LogP contribution in [-0.2, 0) is 6.54 Å². The molecule has 3 aliphatic rings. The lowest BCUT2D eigenvalue weighted by atomic mass is 9.83. The number of hydrogen-bond acceptors (Lipinski definition) is 4. The zero-order valence-electron chi connectivity index (χ0n) is 9.93. The van der Waals surface area contributed by atoms with Gasteiger partial charge in [0, 0.05) is 18.5 Å². The van der Waals surface area contributed by atoms with Gasteiger partial charge in [0.1, 0.15) is 11.5 Å². The van der Waals surface area contributed by atoms with E-state index >= 15 is 0 Å². The highest BCUT2D eigenvalue weighted by molar-refractivity contribution is 5.91. The molecule has 1 aromatic heterocycles. The molecule has 1 aromatic rings. The van der Waals surface area contributed by atoms with Crippen molar-refractivity contribution in [3.63, 3.8) is 0 Å². The molecule has 0 aromatic carbocycles. The van der Waals surface area contributed by atoms with E-state index in [2.05, 4.69) is 4.98 Å². The molecule has 6 nitrogen and oxygen atoms in total. The third-order valence-electron chi connectivity index (χ3n) is 4.02. The van der Waals surface area contributed by atoms with E-state index in [1.807, 2.05) is 0 Å². The minimum atomic E-state index is -0.728. The van der Waals surface area contributed by atoms with Crippen LogP contribution in [0.15, 0.2) is 10.9 Å². The van der Waals surface area contributed by atoms with Crippen molar-refractivity contribution in [3.8, 4) is 0 Å². The maximum Gasteiger partial charge on any atom is 0.293 e. The first-order chi connectivity index (χ1) is 8.69. The Kier molecular flexibility index (Phi) is 2.66. The molecule has 3 heterocycles. The summed E-state index contributed by atoms with van der Waals surface area (Å²) in [5, 5.41) is 8.62. The molecule has 18 heavy (non-hydrogen) atoms. The van der Waals surface area contributed by atoms with E-state index in [9.17, 15) is 9.59 Å². The Morgan fingerprint density at radius 3 is 2.78 bits per heavy atom. The monoisotopic (exact) mass is 249 g/mol. The average molecular weight is 249 g/mol. The van der Waals surface area contributed by atoms with Crippen molar-refractivity contribution >= 4 is 5.91 Å². The third kappa shape index (κ3) is 1.73. The number of hydrogen-bond donors (Lipinski definition) is 2. The van der Waals surface area contributed by atoms with Gasteiger partial charge in [-0.1, -0.05) is 0 Å². The van der Waals surface area contributed by atoms with Crippen LogP contribution in [0.1, 0.15) is 47.9 Å². The molecule has 1 saturated carbocycles. The zero-order chi connectivity index (χ0) is 12.7. The van der Waals surface area contributed by atoms with Crippen molar-refractivity contribution in [1.82, 2.24) is 15.0 Å². The van der Waals surface area contributed by atoms with Gasteiger partial charge < -0.3 is 0 Å². The summed E-state index contributed by atoms with van der Waals surface area (Å²) < 4.78 is 1.70. The van der Waals surface area contributed by atoms with E-state index in [0.29, 0.717) is 18.3 Å². The van der Waals surface area contributed by atoms with Crippen LogP contribution in [0.3, 0.4) is 0 Å². The van der Waals surface area contributed by atoms with Gasteiger partial charge in [0.2, 0.25) is 0 Å². The Bertz CT molecular complexity index is 544. The molecule has 4 rings (SSSR count). The molecular weight excluding hydrogens is 234 g/mol. The van der Waals surface area contributed by atoms with Crippen molar-refractivity contribution in [3.05, 3.63) is 27.9 Å². The zero-order valence-corrected chi connectivity index (χ0v) is 9.93. The number of aromatic nitrogens is 2. The van der Waals surface area contributed by atoms with Crippen molar-refractivity contribution < 1.29 is 10.0 Å². The Balaban J connectivity index is 2.13. The average Bonchev–Trinajstić information content (AvgIpc) is 2.68. The smallest absolute Gasteiger partial charge is 0.293 e. The molecule has 0 unspecified atom stereocenters. The van der Waals surface area contributed by atoms with Crippen LogP contribution in [0.25, 0.3) is 0 Å². The summed E-state index contributed by atoms with van der Waals surface area (Å²) >= 11 is 0. The maximum atomic E-state index is 12.0. The highest BCUT2D eigenvalue weighted by Gasteiger charge is 2.31. The molecule has 1 fully saturated rings. The fourth-order valence-corrected chi connectivity index (χ4v) is 3.05. The van der Waals surface area contributed by atoms with Crippen molar-refractivity contribution in [1.29, 1.82) is 0 Å². The van der Waals surface area contributed by atoms with Crippen LogP contribution in [0, 0.1) is 5.92 Å². The number of rotatable bonds is 1. The predicted octanol–water partition coefficient (Wildman–Crippen LogP) is 0.650. The van der Waals surface area contributed by atoms with Crippen molar-refractivity contribution in [2.24, 2.45) is 5.92 Å². The molecule has 6 heteroatoms. The molecule has 0 radical (unpaired) electrons. The molecule has 0 atom stereocenters. The number of nitrogens with zero attached hydrogens (tertiary/aromatic N) is 2. The van der Waals surface area contributed by atoms with Crippen LogP contribution < -0.4 is 11.0 Å². The fraction of sp³-hybridized carbons (Fsp3) is 0.583. The SMILES string of the molecule is O=C(NO)c1cc(=O)n2c(n1)C1CCC(CC1)C2. The lowest BCUT2D eigenvalue weighted by molar-refractivity contribution is 0.0699. The van der Waals surface area contributed by atoms with Gasteiger partial charge in [0.05, 0.1) is 0 Å². The van der Waals surface area contributed by atoms with Gasteiger partial charge >= 0.3 is 0 Å². The molecule has 2 bridgehead atoms. The Morgan fingerprint density at radius 1 is 1.39 bits per heavy atom. The van der Waals surface area contributed by atoms with Gasteiger partial charge in [-0.3, -0.25) is 19.4 Å². The number of nitrogens with one attached hydrogen (secondary N) is 1. The third-order valence-corrected chi connectivity index (χ3v) is 4.02.